The van der Waals surface area contributed by atoms with E-state index in [0.29, 0.717) is 11.5 Å². The molecule has 0 aromatic heterocycles. The lowest BCUT2D eigenvalue weighted by molar-refractivity contribution is 0.547. The van der Waals surface area contributed by atoms with Crippen LogP contribution >= 0.6 is 0 Å². The summed E-state index contributed by atoms with van der Waals surface area (Å²) in [5, 5.41) is 7.55. The molecular formula is C14H22FN3. The number of nitrogens with zero attached hydrogens (tertiary/aromatic N) is 1. The van der Waals surface area contributed by atoms with Crippen molar-refractivity contribution in [3.63, 3.8) is 0 Å². The van der Waals surface area contributed by atoms with E-state index < -0.39 is 0 Å². The van der Waals surface area contributed by atoms with Crippen molar-refractivity contribution in [2.45, 2.75) is 27.2 Å². The van der Waals surface area contributed by atoms with Crippen LogP contribution in [-0.2, 0) is 0 Å². The van der Waals surface area contributed by atoms with Gasteiger partial charge in [-0.2, -0.15) is 0 Å². The van der Waals surface area contributed by atoms with Crippen LogP contribution in [0.5, 0.6) is 0 Å². The first-order valence-electron chi connectivity index (χ1n) is 6.38. The van der Waals surface area contributed by atoms with E-state index >= 15 is 0 Å². The predicted molar refractivity (Wildman–Crippen MR) is 74.8 cm³/mol. The lowest BCUT2D eigenvalue weighted by Gasteiger charge is -2.28. The second-order valence-corrected chi connectivity index (χ2v) is 4.63. The average molecular weight is 251 g/mol. The van der Waals surface area contributed by atoms with E-state index in [0.717, 1.165) is 25.2 Å². The lowest BCUT2D eigenvalue weighted by atomic mass is 10.1. The number of halogens is 1. The summed E-state index contributed by atoms with van der Waals surface area (Å²) in [6.45, 7) is 8.08. The van der Waals surface area contributed by atoms with Gasteiger partial charge in [0.1, 0.15) is 11.7 Å². The molecule has 0 amide bonds. The van der Waals surface area contributed by atoms with Gasteiger partial charge >= 0.3 is 0 Å². The first-order valence-corrected chi connectivity index (χ1v) is 6.38. The normalized spacial score (nSPS) is 12.2. The van der Waals surface area contributed by atoms with Crippen molar-refractivity contribution >= 4 is 11.5 Å². The van der Waals surface area contributed by atoms with Gasteiger partial charge in [0.15, 0.2) is 0 Å². The highest BCUT2D eigenvalue weighted by molar-refractivity contribution is 6.00. The number of hydrogen-bond donors (Lipinski definition) is 2. The topological polar surface area (TPSA) is 53.1 Å². The quantitative estimate of drug-likeness (QED) is 0.603. The standard InChI is InChI=1S/C14H22FN3/c1-4-10(3)9-18(5-2)13-7-6-11(15)8-12(13)14(16)17/h6-8,10H,4-5,9H2,1-3H3,(H3,16,17). The summed E-state index contributed by atoms with van der Waals surface area (Å²) in [5.74, 6) is 0.102. The molecule has 1 rings (SSSR count). The first kappa shape index (κ1) is 14.5. The molecule has 0 bridgehead atoms. The molecule has 0 fully saturated rings. The van der Waals surface area contributed by atoms with Crippen LogP contribution in [-0.4, -0.2) is 18.9 Å². The SMILES string of the molecule is CCC(C)CN(CC)c1ccc(F)cc1C(=N)N. The highest BCUT2D eigenvalue weighted by atomic mass is 19.1. The molecule has 1 aromatic carbocycles. The van der Waals surface area contributed by atoms with Crippen molar-refractivity contribution in [3.05, 3.63) is 29.6 Å². The van der Waals surface area contributed by atoms with Gasteiger partial charge in [-0.3, -0.25) is 5.41 Å². The Kier molecular flexibility index (Phi) is 5.13. The molecule has 0 saturated heterocycles. The lowest BCUT2D eigenvalue weighted by Crippen LogP contribution is -2.30. The largest absolute Gasteiger partial charge is 0.384 e. The number of rotatable bonds is 6. The smallest absolute Gasteiger partial charge is 0.125 e. The molecule has 0 saturated carbocycles. The summed E-state index contributed by atoms with van der Waals surface area (Å²) in [5.41, 5.74) is 6.84. The minimum absolute atomic E-state index is 0.0906. The molecule has 0 aliphatic heterocycles. The van der Waals surface area contributed by atoms with Crippen molar-refractivity contribution in [2.24, 2.45) is 11.7 Å². The van der Waals surface area contributed by atoms with Gasteiger partial charge in [0.05, 0.1) is 0 Å². The van der Waals surface area contributed by atoms with Gasteiger partial charge in [-0.25, -0.2) is 4.39 Å². The van der Waals surface area contributed by atoms with Crippen molar-refractivity contribution in [1.29, 1.82) is 5.41 Å². The summed E-state index contributed by atoms with van der Waals surface area (Å²) in [7, 11) is 0. The second kappa shape index (κ2) is 6.38. The third kappa shape index (κ3) is 3.45. The predicted octanol–water partition coefficient (Wildman–Crippen LogP) is 2.98. The van der Waals surface area contributed by atoms with Crippen LogP contribution in [0.25, 0.3) is 0 Å². The molecule has 0 aliphatic carbocycles. The number of benzene rings is 1. The van der Waals surface area contributed by atoms with E-state index in [1.165, 1.54) is 12.1 Å². The van der Waals surface area contributed by atoms with Crippen molar-refractivity contribution < 1.29 is 4.39 Å². The van der Waals surface area contributed by atoms with Crippen molar-refractivity contribution in [2.75, 3.05) is 18.0 Å². The Bertz CT molecular complexity index is 418. The summed E-state index contributed by atoms with van der Waals surface area (Å²) in [6.07, 6.45) is 1.09. The minimum atomic E-state index is -0.358. The molecule has 0 radical (unpaired) electrons. The molecule has 1 aromatic rings. The zero-order chi connectivity index (χ0) is 13.7. The van der Waals surface area contributed by atoms with E-state index in [1.807, 2.05) is 0 Å². The Labute approximate surface area is 108 Å². The second-order valence-electron chi connectivity index (χ2n) is 4.63. The molecule has 1 unspecified atom stereocenters. The molecule has 1 atom stereocenters. The molecule has 4 heteroatoms. The highest BCUT2D eigenvalue weighted by Gasteiger charge is 2.14. The molecule has 100 valence electrons. The highest BCUT2D eigenvalue weighted by Crippen LogP contribution is 2.22. The third-order valence-electron chi connectivity index (χ3n) is 3.20. The van der Waals surface area contributed by atoms with Crippen molar-refractivity contribution in [1.82, 2.24) is 0 Å². The van der Waals surface area contributed by atoms with E-state index in [9.17, 15) is 4.39 Å². The minimum Gasteiger partial charge on any atom is -0.384 e. The van der Waals surface area contributed by atoms with Crippen LogP contribution in [0.15, 0.2) is 18.2 Å². The van der Waals surface area contributed by atoms with Crippen LogP contribution in [0.4, 0.5) is 10.1 Å². The Balaban J connectivity index is 3.08. The van der Waals surface area contributed by atoms with Gasteiger partial charge in [0, 0.05) is 24.3 Å². The van der Waals surface area contributed by atoms with E-state index in [2.05, 4.69) is 25.7 Å². The van der Waals surface area contributed by atoms with Crippen LogP contribution in [0, 0.1) is 17.1 Å². The zero-order valence-electron chi connectivity index (χ0n) is 11.3. The fraction of sp³-hybridized carbons (Fsp3) is 0.500. The molecule has 3 nitrogen and oxygen atoms in total. The van der Waals surface area contributed by atoms with Gasteiger partial charge < -0.3 is 10.6 Å². The van der Waals surface area contributed by atoms with E-state index in [-0.39, 0.29) is 11.7 Å². The van der Waals surface area contributed by atoms with Crippen LogP contribution < -0.4 is 10.6 Å². The number of amidine groups is 1. The number of nitrogens with two attached hydrogens (primary N) is 1. The van der Waals surface area contributed by atoms with Gasteiger partial charge in [0.2, 0.25) is 0 Å². The van der Waals surface area contributed by atoms with Gasteiger partial charge in [0.25, 0.3) is 0 Å². The average Bonchev–Trinajstić information content (AvgIpc) is 2.35. The summed E-state index contributed by atoms with van der Waals surface area (Å²) in [6, 6.07) is 4.45. The maximum atomic E-state index is 13.2. The molecule has 0 spiro atoms. The first-order chi connectivity index (χ1) is 8.49. The molecule has 0 heterocycles. The summed E-state index contributed by atoms with van der Waals surface area (Å²) in [4.78, 5) is 2.14. The molecule has 3 N–H and O–H groups in total. The maximum absolute atomic E-state index is 13.2. The number of hydrogen-bond acceptors (Lipinski definition) is 2. The monoisotopic (exact) mass is 251 g/mol. The fourth-order valence-electron chi connectivity index (χ4n) is 1.90. The molecule has 0 aliphatic rings. The summed E-state index contributed by atoms with van der Waals surface area (Å²) < 4.78 is 13.2. The number of nitrogens with one attached hydrogen (secondary N) is 1. The Hall–Kier alpha value is -1.58. The third-order valence-corrected chi connectivity index (χ3v) is 3.20. The Morgan fingerprint density at radius 1 is 1.44 bits per heavy atom. The fourth-order valence-corrected chi connectivity index (χ4v) is 1.90. The Morgan fingerprint density at radius 2 is 2.11 bits per heavy atom. The van der Waals surface area contributed by atoms with Gasteiger partial charge in [-0.1, -0.05) is 20.3 Å². The van der Waals surface area contributed by atoms with Crippen molar-refractivity contribution in [3.8, 4) is 0 Å². The number of nitrogen functional groups attached to an aromatic ring is 1. The maximum Gasteiger partial charge on any atom is 0.125 e. The van der Waals surface area contributed by atoms with E-state index in [1.54, 1.807) is 6.07 Å². The zero-order valence-corrected chi connectivity index (χ0v) is 11.3. The van der Waals surface area contributed by atoms with Gasteiger partial charge in [-0.05, 0) is 31.0 Å². The van der Waals surface area contributed by atoms with Crippen LogP contribution in [0.3, 0.4) is 0 Å². The number of anilines is 1. The van der Waals surface area contributed by atoms with Crippen LogP contribution in [0.1, 0.15) is 32.8 Å². The summed E-state index contributed by atoms with van der Waals surface area (Å²) >= 11 is 0. The Morgan fingerprint density at radius 3 is 2.61 bits per heavy atom. The van der Waals surface area contributed by atoms with Gasteiger partial charge in [-0.15, -0.1) is 0 Å². The van der Waals surface area contributed by atoms with Crippen LogP contribution in [0.2, 0.25) is 0 Å². The molecular weight excluding hydrogens is 229 g/mol. The molecule has 18 heavy (non-hydrogen) atoms. The van der Waals surface area contributed by atoms with E-state index in [4.69, 9.17) is 11.1 Å².